The first-order valence-electron chi connectivity index (χ1n) is 2.37. The molecule has 0 saturated carbocycles. The summed E-state index contributed by atoms with van der Waals surface area (Å²) < 4.78 is 34.6. The summed E-state index contributed by atoms with van der Waals surface area (Å²) in [5, 5.41) is 7.90. The van der Waals surface area contributed by atoms with Crippen molar-refractivity contribution in [3.8, 4) is 0 Å². The lowest BCUT2D eigenvalue weighted by Crippen LogP contribution is -2.43. The zero-order chi connectivity index (χ0) is 8.31. The number of rotatable bonds is 3. The van der Waals surface area contributed by atoms with Crippen LogP contribution in [0.2, 0.25) is 0 Å². The van der Waals surface area contributed by atoms with Gasteiger partial charge in [-0.25, -0.2) is 13.2 Å². The summed E-state index contributed by atoms with van der Waals surface area (Å²) in [4.78, 5) is 9.75. The number of carboxylic acids is 1. The Morgan fingerprint density at radius 2 is 1.80 bits per heavy atom. The number of aliphatic carboxylic acids is 1. The van der Waals surface area contributed by atoms with E-state index in [1.165, 1.54) is 0 Å². The number of carboxylic acid groups (broad SMARTS) is 1. The Morgan fingerprint density at radius 3 is 1.90 bits per heavy atom. The second kappa shape index (κ2) is 3.40. The van der Waals surface area contributed by atoms with E-state index in [0.717, 1.165) is 0 Å². The first-order chi connectivity index (χ1) is 4.46. The fourth-order valence-corrected chi connectivity index (χ4v) is 0.293. The van der Waals surface area contributed by atoms with Crippen LogP contribution in [0.3, 0.4) is 0 Å². The van der Waals surface area contributed by atoms with Crippen LogP contribution in [0.5, 0.6) is 0 Å². The molecule has 6 heteroatoms. The molecule has 0 aliphatic rings. The lowest BCUT2D eigenvalue weighted by molar-refractivity contribution is -0.142. The average Bonchev–Trinajstić information content (AvgIpc) is 1.84. The summed E-state index contributed by atoms with van der Waals surface area (Å²) in [6.45, 7) is 0. The van der Waals surface area contributed by atoms with Gasteiger partial charge >= 0.3 is 5.97 Å². The minimum atomic E-state index is -3.34. The van der Waals surface area contributed by atoms with Crippen LogP contribution >= 0.6 is 0 Å². The van der Waals surface area contributed by atoms with Crippen LogP contribution < -0.4 is 5.73 Å². The summed E-state index contributed by atoms with van der Waals surface area (Å²) in [5.74, 6) is -1.77. The molecule has 0 spiro atoms. The van der Waals surface area contributed by atoms with Crippen molar-refractivity contribution < 1.29 is 23.1 Å². The zero-order valence-corrected chi connectivity index (χ0v) is 4.80. The third-order valence-corrected chi connectivity index (χ3v) is 0.869. The Bertz CT molecular complexity index is 130. The van der Waals surface area contributed by atoms with Crippen LogP contribution in [0.1, 0.15) is 0 Å². The van der Waals surface area contributed by atoms with E-state index in [-0.39, 0.29) is 0 Å². The van der Waals surface area contributed by atoms with Crippen LogP contribution in [-0.2, 0) is 4.79 Å². The number of hydrogen-bond donors (Lipinski definition) is 2. The van der Waals surface area contributed by atoms with Gasteiger partial charge in [0, 0.05) is 0 Å². The third-order valence-electron chi connectivity index (χ3n) is 0.869. The smallest absolute Gasteiger partial charge is 0.323 e. The molecule has 10 heavy (non-hydrogen) atoms. The molecular weight excluding hydrogens is 151 g/mol. The van der Waals surface area contributed by atoms with Gasteiger partial charge in [-0.3, -0.25) is 4.79 Å². The molecule has 3 N–H and O–H groups in total. The minimum Gasteiger partial charge on any atom is -0.480 e. The molecule has 0 aromatic rings. The fourth-order valence-electron chi connectivity index (χ4n) is 0.293. The Hall–Kier alpha value is -0.780. The average molecular weight is 157 g/mol. The zero-order valence-electron chi connectivity index (χ0n) is 4.80. The first-order valence-corrected chi connectivity index (χ1v) is 2.37. The van der Waals surface area contributed by atoms with Crippen LogP contribution in [0.4, 0.5) is 13.2 Å². The molecule has 3 nitrogen and oxygen atoms in total. The van der Waals surface area contributed by atoms with E-state index < -0.39 is 24.6 Å². The van der Waals surface area contributed by atoms with Gasteiger partial charge in [0.05, 0.1) is 0 Å². The summed E-state index contributed by atoms with van der Waals surface area (Å²) in [5.41, 5.74) is 4.51. The summed E-state index contributed by atoms with van der Waals surface area (Å²) in [6, 6.07) is -2.14. The van der Waals surface area contributed by atoms with Gasteiger partial charge in [-0.05, 0) is 0 Å². The first kappa shape index (κ1) is 9.22. The molecule has 0 radical (unpaired) electrons. The highest BCUT2D eigenvalue weighted by Gasteiger charge is 2.31. The number of nitrogens with two attached hydrogens (primary N) is 1. The highest BCUT2D eigenvalue weighted by Crippen LogP contribution is 2.08. The highest BCUT2D eigenvalue weighted by atomic mass is 19.3. The molecule has 2 atom stereocenters. The van der Waals surface area contributed by atoms with E-state index >= 15 is 0 Å². The molecule has 0 bridgehead atoms. The van der Waals surface area contributed by atoms with Gasteiger partial charge in [0.2, 0.25) is 0 Å². The molecule has 0 rings (SSSR count). The van der Waals surface area contributed by atoms with Crippen LogP contribution in [0.25, 0.3) is 0 Å². The van der Waals surface area contributed by atoms with Crippen molar-refractivity contribution in [1.82, 2.24) is 0 Å². The van der Waals surface area contributed by atoms with E-state index in [9.17, 15) is 18.0 Å². The van der Waals surface area contributed by atoms with Gasteiger partial charge in [0.1, 0.15) is 6.04 Å². The van der Waals surface area contributed by atoms with Crippen molar-refractivity contribution in [2.75, 3.05) is 0 Å². The maximum absolute atomic E-state index is 11.9. The van der Waals surface area contributed by atoms with E-state index in [0.29, 0.717) is 0 Å². The normalized spacial score (nSPS) is 16.9. The molecule has 0 heterocycles. The SMILES string of the molecule is N[C@@H](C(=O)O)C(F)C(F)F. The third kappa shape index (κ3) is 2.22. The predicted molar refractivity (Wildman–Crippen MR) is 26.5 cm³/mol. The molecule has 60 valence electrons. The highest BCUT2D eigenvalue weighted by molar-refractivity contribution is 5.73. The molecule has 0 aliphatic heterocycles. The molecule has 0 aromatic carbocycles. The monoisotopic (exact) mass is 157 g/mol. The van der Waals surface area contributed by atoms with Crippen molar-refractivity contribution in [2.45, 2.75) is 18.6 Å². The second-order valence-corrected chi connectivity index (χ2v) is 1.64. The lowest BCUT2D eigenvalue weighted by Gasteiger charge is -2.09. The molecule has 0 aliphatic carbocycles. The van der Waals surface area contributed by atoms with Gasteiger partial charge < -0.3 is 10.8 Å². The quantitative estimate of drug-likeness (QED) is 0.606. The van der Waals surface area contributed by atoms with Gasteiger partial charge in [-0.15, -0.1) is 0 Å². The second-order valence-electron chi connectivity index (χ2n) is 1.64. The lowest BCUT2D eigenvalue weighted by atomic mass is 10.2. The fraction of sp³-hybridized carbons (Fsp3) is 0.750. The number of carbonyl (C=O) groups is 1. The largest absolute Gasteiger partial charge is 0.480 e. The van der Waals surface area contributed by atoms with E-state index in [1.807, 2.05) is 0 Å². The van der Waals surface area contributed by atoms with Crippen molar-refractivity contribution in [3.05, 3.63) is 0 Å². The maximum Gasteiger partial charge on any atom is 0.323 e. The minimum absolute atomic E-state index is 1.77. The van der Waals surface area contributed by atoms with Crippen molar-refractivity contribution in [1.29, 1.82) is 0 Å². The summed E-state index contributed by atoms with van der Waals surface area (Å²) in [7, 11) is 0. The Morgan fingerprint density at radius 1 is 1.40 bits per heavy atom. The van der Waals surface area contributed by atoms with Gasteiger partial charge in [-0.2, -0.15) is 0 Å². The van der Waals surface area contributed by atoms with Crippen LogP contribution in [-0.4, -0.2) is 29.7 Å². The topological polar surface area (TPSA) is 63.3 Å². The molecule has 0 aromatic heterocycles. The number of hydrogen-bond acceptors (Lipinski definition) is 2. The molecule has 0 amide bonds. The van der Waals surface area contributed by atoms with Crippen LogP contribution in [0, 0.1) is 0 Å². The number of halogens is 3. The molecule has 0 saturated heterocycles. The predicted octanol–water partition coefficient (Wildman–Crippen LogP) is 0.00150. The van der Waals surface area contributed by atoms with Gasteiger partial charge in [0.15, 0.2) is 6.17 Å². The Labute approximate surface area is 54.6 Å². The van der Waals surface area contributed by atoms with Gasteiger partial charge in [-0.1, -0.05) is 0 Å². The summed E-state index contributed by atoms with van der Waals surface area (Å²) >= 11 is 0. The van der Waals surface area contributed by atoms with E-state index in [4.69, 9.17) is 5.11 Å². The van der Waals surface area contributed by atoms with Gasteiger partial charge in [0.25, 0.3) is 6.43 Å². The van der Waals surface area contributed by atoms with Crippen molar-refractivity contribution in [2.24, 2.45) is 5.73 Å². The maximum atomic E-state index is 11.9. The molecule has 0 fully saturated rings. The van der Waals surface area contributed by atoms with Crippen molar-refractivity contribution >= 4 is 5.97 Å². The molecule has 1 unspecified atom stereocenters. The van der Waals surface area contributed by atoms with Crippen LogP contribution in [0.15, 0.2) is 0 Å². The summed E-state index contributed by atoms with van der Waals surface area (Å²) in [6.07, 6.45) is -6.14. The number of alkyl halides is 3. The Balaban J connectivity index is 3.94. The van der Waals surface area contributed by atoms with Crippen molar-refractivity contribution in [3.63, 3.8) is 0 Å². The van der Waals surface area contributed by atoms with E-state index in [1.54, 1.807) is 0 Å². The standard InChI is InChI=1S/C4H6F3NO2/c5-1(3(6)7)2(8)4(9)10/h1-3H,8H2,(H,9,10)/t1?,2-/m1/s1. The molecular formula is C4H6F3NO2. The Kier molecular flexibility index (Phi) is 3.14. The van der Waals surface area contributed by atoms with E-state index in [2.05, 4.69) is 5.73 Å².